The highest BCUT2D eigenvalue weighted by atomic mass is 16.7. The Morgan fingerprint density at radius 3 is 2.24 bits per heavy atom. The Balaban J connectivity index is 1.68. The fourth-order valence-electron chi connectivity index (χ4n) is 4.53. The van der Waals surface area contributed by atoms with Crippen LogP contribution in [-0.2, 0) is 46.2 Å². The first kappa shape index (κ1) is 23.7. The maximum absolute atomic E-state index is 12.4. The van der Waals surface area contributed by atoms with Crippen molar-refractivity contribution < 1.29 is 42.5 Å². The summed E-state index contributed by atoms with van der Waals surface area (Å²) in [4.78, 5) is 47.5. The van der Waals surface area contributed by atoms with E-state index >= 15 is 0 Å². The van der Waals surface area contributed by atoms with Crippen LogP contribution < -0.4 is 10.4 Å². The first-order valence-corrected chi connectivity index (χ1v) is 11.0. The number of aryl methyl sites for hydroxylation is 2. The fourth-order valence-corrected chi connectivity index (χ4v) is 4.53. The van der Waals surface area contributed by atoms with Gasteiger partial charge in [0.05, 0.1) is 6.61 Å². The van der Waals surface area contributed by atoms with Gasteiger partial charge in [0.1, 0.15) is 11.3 Å². The Morgan fingerprint density at radius 2 is 1.56 bits per heavy atom. The largest absolute Gasteiger partial charge is 0.460 e. The molecule has 1 aliphatic heterocycles. The number of ether oxygens (including phenoxy) is 5. The van der Waals surface area contributed by atoms with E-state index in [1.54, 1.807) is 13.0 Å². The van der Waals surface area contributed by atoms with E-state index in [9.17, 15) is 19.2 Å². The maximum atomic E-state index is 12.4. The minimum atomic E-state index is -1.22. The minimum Gasteiger partial charge on any atom is -0.460 e. The number of esters is 3. The van der Waals surface area contributed by atoms with Crippen LogP contribution in [0.15, 0.2) is 21.3 Å². The van der Waals surface area contributed by atoms with Gasteiger partial charge in [-0.05, 0) is 43.9 Å². The topological polar surface area (TPSA) is 128 Å². The van der Waals surface area contributed by atoms with Crippen molar-refractivity contribution in [3.05, 3.63) is 39.2 Å². The molecule has 0 bridgehead atoms. The van der Waals surface area contributed by atoms with Crippen LogP contribution >= 0.6 is 0 Å². The van der Waals surface area contributed by atoms with E-state index in [2.05, 4.69) is 0 Å². The lowest BCUT2D eigenvalue weighted by Crippen LogP contribution is -2.59. The zero-order valence-corrected chi connectivity index (χ0v) is 19.4. The highest BCUT2D eigenvalue weighted by Crippen LogP contribution is 2.35. The van der Waals surface area contributed by atoms with Gasteiger partial charge in [0.15, 0.2) is 12.2 Å². The smallest absolute Gasteiger partial charge is 0.339 e. The van der Waals surface area contributed by atoms with Crippen LogP contribution in [-0.4, -0.2) is 49.1 Å². The lowest BCUT2D eigenvalue weighted by atomic mass is 10.0. The molecule has 0 spiro atoms. The van der Waals surface area contributed by atoms with Crippen molar-refractivity contribution in [1.29, 1.82) is 0 Å². The maximum Gasteiger partial charge on any atom is 0.339 e. The van der Waals surface area contributed by atoms with Crippen molar-refractivity contribution in [3.63, 3.8) is 0 Å². The lowest BCUT2D eigenvalue weighted by molar-refractivity contribution is -0.259. The summed E-state index contributed by atoms with van der Waals surface area (Å²) in [7, 11) is 0. The van der Waals surface area contributed by atoms with Crippen molar-refractivity contribution in [2.24, 2.45) is 0 Å². The molecule has 1 fully saturated rings. The van der Waals surface area contributed by atoms with Crippen LogP contribution in [0.4, 0.5) is 0 Å². The van der Waals surface area contributed by atoms with Gasteiger partial charge < -0.3 is 28.1 Å². The second-order valence-electron chi connectivity index (χ2n) is 8.38. The van der Waals surface area contributed by atoms with E-state index in [0.717, 1.165) is 23.8 Å². The quantitative estimate of drug-likeness (QED) is 0.361. The Hall–Kier alpha value is -3.40. The first-order chi connectivity index (χ1) is 16.2. The number of benzene rings is 1. The molecule has 34 heavy (non-hydrogen) atoms. The molecule has 0 N–H and O–H groups in total. The zero-order chi connectivity index (χ0) is 24.6. The molecule has 1 aromatic carbocycles. The van der Waals surface area contributed by atoms with E-state index in [0.29, 0.717) is 28.9 Å². The molecule has 2 aromatic rings. The number of fused-ring (bicyclic) bond motifs is 3. The van der Waals surface area contributed by atoms with E-state index in [1.165, 1.54) is 20.8 Å². The normalized spacial score (nSPS) is 23.8. The zero-order valence-electron chi connectivity index (χ0n) is 19.4. The minimum absolute atomic E-state index is 0.158. The van der Waals surface area contributed by atoms with Crippen LogP contribution in [0.3, 0.4) is 0 Å². The van der Waals surface area contributed by atoms with Gasteiger partial charge in [0, 0.05) is 37.3 Å². The molecule has 182 valence electrons. The molecule has 0 unspecified atom stereocenters. The van der Waals surface area contributed by atoms with E-state index in [4.69, 9.17) is 28.1 Å². The van der Waals surface area contributed by atoms with Gasteiger partial charge in [-0.3, -0.25) is 14.4 Å². The Labute approximate surface area is 195 Å². The molecule has 1 aliphatic carbocycles. The summed E-state index contributed by atoms with van der Waals surface area (Å²) < 4.78 is 33.3. The van der Waals surface area contributed by atoms with Gasteiger partial charge in [-0.25, -0.2) is 4.79 Å². The summed E-state index contributed by atoms with van der Waals surface area (Å²) in [6.07, 6.45) is -2.14. The number of carbonyl (C=O) groups excluding carboxylic acids is 3. The van der Waals surface area contributed by atoms with Gasteiger partial charge in [-0.1, -0.05) is 0 Å². The molecule has 4 rings (SSSR count). The van der Waals surface area contributed by atoms with Crippen LogP contribution in [0.2, 0.25) is 0 Å². The third-order valence-corrected chi connectivity index (χ3v) is 5.89. The average molecular weight is 474 g/mol. The standard InChI is InChI=1S/C24H26O10/c1-11-18(9-8-16-15-6-5-7-17(15)23(28)34-20(11)16)33-24-22(32-14(4)27)21(31-13(3)26)19(10-29-24)30-12(2)25/h8-9,19,21-22,24H,5-7,10H2,1-4H3/t19-,21+,22-,24+/m0/s1. The third-order valence-electron chi connectivity index (χ3n) is 5.89. The van der Waals surface area contributed by atoms with Crippen LogP contribution in [0.1, 0.15) is 43.9 Å². The molecule has 0 amide bonds. The molecular weight excluding hydrogens is 448 g/mol. The van der Waals surface area contributed by atoms with Crippen molar-refractivity contribution in [2.45, 2.75) is 71.6 Å². The molecule has 0 saturated carbocycles. The predicted octanol–water partition coefficient (Wildman–Crippen LogP) is 2.12. The molecule has 10 nitrogen and oxygen atoms in total. The summed E-state index contributed by atoms with van der Waals surface area (Å²) >= 11 is 0. The Kier molecular flexibility index (Phi) is 6.60. The average Bonchev–Trinajstić information content (AvgIpc) is 3.24. The highest BCUT2D eigenvalue weighted by Gasteiger charge is 2.48. The summed E-state index contributed by atoms with van der Waals surface area (Å²) in [5.74, 6) is -1.60. The van der Waals surface area contributed by atoms with Crippen LogP contribution in [0.25, 0.3) is 11.0 Å². The molecule has 0 radical (unpaired) electrons. The predicted molar refractivity (Wildman–Crippen MR) is 116 cm³/mol. The highest BCUT2D eigenvalue weighted by molar-refractivity contribution is 5.86. The van der Waals surface area contributed by atoms with E-state index in [1.807, 2.05) is 6.07 Å². The van der Waals surface area contributed by atoms with Gasteiger partial charge in [-0.2, -0.15) is 0 Å². The SMILES string of the molecule is CC(=O)O[C@@H]1[C@@H](Oc2ccc3c4c(c(=O)oc3c2C)CCC4)OC[C@H](OC(C)=O)[C@H]1OC(C)=O. The number of hydrogen-bond acceptors (Lipinski definition) is 10. The van der Waals surface area contributed by atoms with Gasteiger partial charge in [-0.15, -0.1) is 0 Å². The summed E-state index contributed by atoms with van der Waals surface area (Å²) in [5.41, 5.74) is 2.34. The van der Waals surface area contributed by atoms with E-state index < -0.39 is 42.5 Å². The lowest BCUT2D eigenvalue weighted by Gasteiger charge is -2.40. The first-order valence-electron chi connectivity index (χ1n) is 11.0. The molecular formula is C24H26O10. The molecule has 1 aromatic heterocycles. The summed E-state index contributed by atoms with van der Waals surface area (Å²) in [6.45, 7) is 5.17. The number of carbonyl (C=O) groups is 3. The Bertz CT molecular complexity index is 1200. The van der Waals surface area contributed by atoms with Crippen LogP contribution in [0, 0.1) is 6.92 Å². The molecule has 1 saturated heterocycles. The molecule has 4 atom stereocenters. The van der Waals surface area contributed by atoms with Crippen molar-refractivity contribution >= 4 is 28.9 Å². The number of hydrogen-bond donors (Lipinski definition) is 0. The second-order valence-corrected chi connectivity index (χ2v) is 8.38. The number of rotatable bonds is 5. The van der Waals surface area contributed by atoms with Crippen molar-refractivity contribution in [1.82, 2.24) is 0 Å². The summed E-state index contributed by atoms with van der Waals surface area (Å²) in [5, 5.41) is 0.853. The molecule has 10 heteroatoms. The Morgan fingerprint density at radius 1 is 0.912 bits per heavy atom. The van der Waals surface area contributed by atoms with Crippen molar-refractivity contribution in [3.8, 4) is 5.75 Å². The van der Waals surface area contributed by atoms with Crippen molar-refractivity contribution in [2.75, 3.05) is 6.61 Å². The van der Waals surface area contributed by atoms with Gasteiger partial charge in [0.2, 0.25) is 12.4 Å². The van der Waals surface area contributed by atoms with Crippen LogP contribution in [0.5, 0.6) is 5.75 Å². The van der Waals surface area contributed by atoms with Gasteiger partial charge in [0.25, 0.3) is 0 Å². The van der Waals surface area contributed by atoms with E-state index in [-0.39, 0.29) is 12.2 Å². The third kappa shape index (κ3) is 4.63. The monoisotopic (exact) mass is 474 g/mol. The second kappa shape index (κ2) is 9.46. The summed E-state index contributed by atoms with van der Waals surface area (Å²) in [6, 6.07) is 3.54. The molecule has 2 heterocycles. The molecule has 2 aliphatic rings. The fraction of sp³-hybridized carbons (Fsp3) is 0.500. The van der Waals surface area contributed by atoms with Gasteiger partial charge >= 0.3 is 23.5 Å².